The summed E-state index contributed by atoms with van der Waals surface area (Å²) in [6.07, 6.45) is 3.72. The second-order valence-corrected chi connectivity index (χ2v) is 13.4. The molecule has 3 N–H and O–H groups in total. The molecule has 1 saturated carbocycles. The van der Waals surface area contributed by atoms with Crippen LogP contribution in [0.2, 0.25) is 0 Å². The van der Waals surface area contributed by atoms with Crippen molar-refractivity contribution in [3.8, 4) is 11.5 Å². The molecule has 11 nitrogen and oxygen atoms in total. The van der Waals surface area contributed by atoms with Crippen LogP contribution in [-0.2, 0) is 19.1 Å². The number of carbonyl (C=O) groups is 3. The predicted octanol–water partition coefficient (Wildman–Crippen LogP) is 3.25. The van der Waals surface area contributed by atoms with E-state index in [4.69, 9.17) is 18.9 Å². The number of benzene rings is 1. The van der Waals surface area contributed by atoms with Crippen LogP contribution in [0.3, 0.4) is 0 Å². The first kappa shape index (κ1) is 35.9. The first-order valence-corrected chi connectivity index (χ1v) is 16.7. The maximum atomic E-state index is 14.0. The van der Waals surface area contributed by atoms with Crippen molar-refractivity contribution in [2.24, 2.45) is 17.8 Å². The molecule has 2 aliphatic carbocycles. The largest absolute Gasteiger partial charge is 0.493 e. The van der Waals surface area contributed by atoms with Crippen LogP contribution in [0, 0.1) is 17.8 Å². The summed E-state index contributed by atoms with van der Waals surface area (Å²) in [4.78, 5) is 41.0. The lowest BCUT2D eigenvalue weighted by molar-refractivity contribution is -0.147. The van der Waals surface area contributed by atoms with Crippen molar-refractivity contribution >= 4 is 18.1 Å². The second kappa shape index (κ2) is 16.2. The van der Waals surface area contributed by atoms with E-state index in [0.717, 1.165) is 19.3 Å². The molecule has 0 aromatic heterocycles. The smallest absolute Gasteiger partial charge is 0.249 e. The monoisotopic (exact) mass is 644 g/mol. The fourth-order valence-corrected chi connectivity index (χ4v) is 7.12. The molecular weight excluding hydrogens is 592 g/mol. The van der Waals surface area contributed by atoms with Crippen LogP contribution in [0.5, 0.6) is 11.5 Å². The Bertz CT molecular complexity index is 1250. The fourth-order valence-electron chi connectivity index (χ4n) is 7.12. The first-order chi connectivity index (χ1) is 22.0. The molecule has 4 rings (SSSR count). The number of hydrogen-bond donors (Lipinski definition) is 3. The van der Waals surface area contributed by atoms with Crippen molar-refractivity contribution in [2.75, 3.05) is 40.0 Å². The van der Waals surface area contributed by atoms with Gasteiger partial charge >= 0.3 is 0 Å². The van der Waals surface area contributed by atoms with E-state index in [1.807, 2.05) is 13.8 Å². The number of rotatable bonds is 15. The van der Waals surface area contributed by atoms with E-state index in [1.54, 1.807) is 23.1 Å². The third-order valence-electron chi connectivity index (χ3n) is 9.47. The van der Waals surface area contributed by atoms with Gasteiger partial charge in [-0.1, -0.05) is 27.2 Å². The predicted molar refractivity (Wildman–Crippen MR) is 172 cm³/mol. The van der Waals surface area contributed by atoms with Gasteiger partial charge in [0.25, 0.3) is 0 Å². The van der Waals surface area contributed by atoms with Gasteiger partial charge in [0.05, 0.1) is 37.9 Å². The Hall–Kier alpha value is -2.99. The molecule has 0 spiro atoms. The Labute approximate surface area is 272 Å². The highest BCUT2D eigenvalue weighted by molar-refractivity contribution is 5.96. The first-order valence-electron chi connectivity index (χ1n) is 16.7. The zero-order valence-electron chi connectivity index (χ0n) is 28.1. The zero-order valence-corrected chi connectivity index (χ0v) is 28.1. The third-order valence-corrected chi connectivity index (χ3v) is 9.47. The van der Waals surface area contributed by atoms with Crippen LogP contribution in [0.1, 0.15) is 82.1 Å². The molecule has 1 aromatic rings. The van der Waals surface area contributed by atoms with Crippen molar-refractivity contribution < 1.29 is 43.5 Å². The number of methoxy groups -OCH3 is 1. The van der Waals surface area contributed by atoms with Gasteiger partial charge in [0, 0.05) is 36.4 Å². The number of aliphatic hydroxyl groups excluding tert-OH is 2. The zero-order chi connectivity index (χ0) is 33.5. The van der Waals surface area contributed by atoms with Crippen LogP contribution in [-0.4, -0.2) is 104 Å². The average molecular weight is 645 g/mol. The van der Waals surface area contributed by atoms with Crippen molar-refractivity contribution in [3.63, 3.8) is 0 Å². The summed E-state index contributed by atoms with van der Waals surface area (Å²) >= 11 is 0. The molecule has 1 aromatic carbocycles. The summed E-state index contributed by atoms with van der Waals surface area (Å²) in [6, 6.07) is 2.26. The number of carbonyl (C=O) groups excluding carboxylic acids is 3. The number of aldehydes is 1. The lowest BCUT2D eigenvalue weighted by Gasteiger charge is -2.41. The summed E-state index contributed by atoms with van der Waals surface area (Å²) in [5.41, 5.74) is 1.14. The van der Waals surface area contributed by atoms with Gasteiger partial charge in [-0.2, -0.15) is 0 Å². The van der Waals surface area contributed by atoms with Gasteiger partial charge in [-0.25, -0.2) is 0 Å². The molecule has 46 heavy (non-hydrogen) atoms. The van der Waals surface area contributed by atoms with Crippen molar-refractivity contribution in [2.45, 2.75) is 96.7 Å². The number of nitrogens with zero attached hydrogens (tertiary/aromatic N) is 1. The van der Waals surface area contributed by atoms with Crippen molar-refractivity contribution in [3.05, 3.63) is 34.9 Å². The summed E-state index contributed by atoms with van der Waals surface area (Å²) in [5, 5.41) is 24.0. The standard InChI is InChI=1S/C35H52N2O9/c1-20(2)24-9-8-22(5)14-28(24)45-19-30(40)37(11-7-13-44-21(3)4)27-17-26(35(42)36-10-12-38)31-25-15-23(18-39)16-29(43-6)33(25)46-34(31)32(27)41/h15-18,20-22,24,27-28,31-32,34,38,41H,7-14,19H2,1-6H3,(H,36,42)/t22-,24+,27+,28-,31-,32-,34-/m0/s1. The maximum Gasteiger partial charge on any atom is 0.249 e. The molecular formula is C35H52N2O9. The average Bonchev–Trinajstić information content (AvgIpc) is 3.42. The molecule has 2 amide bonds. The second-order valence-electron chi connectivity index (χ2n) is 13.4. The minimum absolute atomic E-state index is 0.0199. The number of hydrogen-bond acceptors (Lipinski definition) is 9. The highest BCUT2D eigenvalue weighted by atomic mass is 16.5. The van der Waals surface area contributed by atoms with Crippen LogP contribution < -0.4 is 14.8 Å². The van der Waals surface area contributed by atoms with E-state index < -0.39 is 30.1 Å². The summed E-state index contributed by atoms with van der Waals surface area (Å²) in [7, 11) is 1.45. The van der Waals surface area contributed by atoms with E-state index in [1.165, 1.54) is 7.11 Å². The minimum atomic E-state index is -1.22. The number of ether oxygens (including phenoxy) is 4. The Morgan fingerprint density at radius 3 is 2.61 bits per heavy atom. The molecule has 0 bridgehead atoms. The third kappa shape index (κ3) is 8.10. The Balaban J connectivity index is 1.68. The van der Waals surface area contributed by atoms with Gasteiger partial charge in [0.1, 0.15) is 25.1 Å². The number of amides is 2. The van der Waals surface area contributed by atoms with Gasteiger partial charge in [-0.3, -0.25) is 14.4 Å². The van der Waals surface area contributed by atoms with Gasteiger partial charge in [-0.15, -0.1) is 0 Å². The van der Waals surface area contributed by atoms with E-state index in [-0.39, 0.29) is 50.0 Å². The topological polar surface area (TPSA) is 144 Å². The van der Waals surface area contributed by atoms with E-state index in [0.29, 0.717) is 59.7 Å². The van der Waals surface area contributed by atoms with Gasteiger partial charge in [0.15, 0.2) is 11.5 Å². The van der Waals surface area contributed by atoms with Gasteiger partial charge < -0.3 is 39.4 Å². The lowest BCUT2D eigenvalue weighted by Crippen LogP contribution is -2.56. The summed E-state index contributed by atoms with van der Waals surface area (Å²) in [6.45, 7) is 10.8. The fraction of sp³-hybridized carbons (Fsp3) is 0.686. The van der Waals surface area contributed by atoms with E-state index >= 15 is 0 Å². The van der Waals surface area contributed by atoms with Crippen LogP contribution in [0.25, 0.3) is 0 Å². The van der Waals surface area contributed by atoms with Crippen LogP contribution in [0.15, 0.2) is 23.8 Å². The maximum absolute atomic E-state index is 14.0. The molecule has 256 valence electrons. The molecule has 0 unspecified atom stereocenters. The molecule has 0 radical (unpaired) electrons. The molecule has 1 heterocycles. The molecule has 3 aliphatic rings. The highest BCUT2D eigenvalue weighted by Gasteiger charge is 2.51. The quantitative estimate of drug-likeness (QED) is 0.194. The molecule has 7 atom stereocenters. The molecule has 1 aliphatic heterocycles. The molecule has 1 fully saturated rings. The van der Waals surface area contributed by atoms with Crippen molar-refractivity contribution in [1.82, 2.24) is 10.2 Å². The van der Waals surface area contributed by atoms with Crippen LogP contribution in [0.4, 0.5) is 0 Å². The van der Waals surface area contributed by atoms with Crippen molar-refractivity contribution in [1.29, 1.82) is 0 Å². The van der Waals surface area contributed by atoms with E-state index in [9.17, 15) is 24.6 Å². The molecule has 0 saturated heterocycles. The number of aliphatic hydroxyl groups is 2. The SMILES string of the molecule is COc1cc(C=O)cc2c1O[C@@H]1[C@@H](O)[C@H](N(CCCOC(C)C)C(=O)CO[C@H]3C[C@@H](C)CC[C@@H]3C(C)C)C=C(C(=O)NCCO)[C@H]21. The Morgan fingerprint density at radius 1 is 1.20 bits per heavy atom. The highest BCUT2D eigenvalue weighted by Crippen LogP contribution is 2.51. The summed E-state index contributed by atoms with van der Waals surface area (Å²) < 4.78 is 23.9. The Kier molecular flexibility index (Phi) is 12.6. The van der Waals surface area contributed by atoms with Gasteiger partial charge in [0.2, 0.25) is 11.8 Å². The molecule has 11 heteroatoms. The summed E-state index contributed by atoms with van der Waals surface area (Å²) in [5.74, 6) is 0.444. The van der Waals surface area contributed by atoms with Gasteiger partial charge in [-0.05, 0) is 69.1 Å². The number of nitrogens with one attached hydrogen (secondary N) is 1. The Morgan fingerprint density at radius 2 is 1.96 bits per heavy atom. The minimum Gasteiger partial charge on any atom is -0.493 e. The normalized spacial score (nSPS) is 27.0. The number of fused-ring (bicyclic) bond motifs is 3. The lowest BCUT2D eigenvalue weighted by atomic mass is 9.75. The van der Waals surface area contributed by atoms with E-state index in [2.05, 4.69) is 26.1 Å². The van der Waals surface area contributed by atoms with Crippen LogP contribution >= 0.6 is 0 Å².